The number of anilines is 1. The molecule has 0 atom stereocenters. The summed E-state index contributed by atoms with van der Waals surface area (Å²) >= 11 is 0. The molecule has 2 amide bonds. The van der Waals surface area contributed by atoms with Crippen LogP contribution in [0.4, 0.5) is 5.69 Å². The van der Waals surface area contributed by atoms with Crippen LogP contribution in [0.15, 0.2) is 18.2 Å². The van der Waals surface area contributed by atoms with Gasteiger partial charge >= 0.3 is 5.97 Å². The molecule has 0 saturated heterocycles. The number of rotatable bonds is 3. The molecule has 0 bridgehead atoms. The Balaban J connectivity index is 2.09. The van der Waals surface area contributed by atoms with E-state index in [2.05, 4.69) is 15.4 Å². The number of carbonyl (C=O) groups is 3. The van der Waals surface area contributed by atoms with Crippen molar-refractivity contribution in [3.05, 3.63) is 23.8 Å². The molecule has 1 aliphatic heterocycles. The van der Waals surface area contributed by atoms with Crippen molar-refractivity contribution in [3.8, 4) is 5.75 Å². The van der Waals surface area contributed by atoms with Crippen molar-refractivity contribution < 1.29 is 23.9 Å². The van der Waals surface area contributed by atoms with Gasteiger partial charge in [0.15, 0.2) is 6.61 Å². The number of hydrogen-bond acceptors (Lipinski definition) is 5. The zero-order valence-electron chi connectivity index (χ0n) is 10.2. The third-order valence-electron chi connectivity index (χ3n) is 2.50. The molecule has 0 aliphatic carbocycles. The van der Waals surface area contributed by atoms with Crippen molar-refractivity contribution in [3.63, 3.8) is 0 Å². The Labute approximate surface area is 108 Å². The number of esters is 1. The van der Waals surface area contributed by atoms with E-state index in [-0.39, 0.29) is 19.1 Å². The minimum atomic E-state index is -0.539. The Hall–Kier alpha value is -2.57. The second-order valence-electron chi connectivity index (χ2n) is 3.81. The molecule has 7 nitrogen and oxygen atoms in total. The quantitative estimate of drug-likeness (QED) is 0.745. The summed E-state index contributed by atoms with van der Waals surface area (Å²) < 4.78 is 9.58. The number of hydrogen-bond donors (Lipinski definition) is 2. The summed E-state index contributed by atoms with van der Waals surface area (Å²) in [6.45, 7) is -0.254. The fraction of sp³-hybridized carbons (Fsp3) is 0.250. The smallest absolute Gasteiger partial charge is 0.325 e. The lowest BCUT2D eigenvalue weighted by Gasteiger charge is -2.18. The van der Waals surface area contributed by atoms with Crippen molar-refractivity contribution in [2.75, 3.05) is 25.6 Å². The number of carbonyl (C=O) groups excluding carboxylic acids is 3. The van der Waals surface area contributed by atoms with E-state index in [9.17, 15) is 14.4 Å². The Morgan fingerprint density at radius 2 is 2.26 bits per heavy atom. The normalized spacial score (nSPS) is 12.8. The molecule has 100 valence electrons. The van der Waals surface area contributed by atoms with Crippen molar-refractivity contribution in [1.29, 1.82) is 0 Å². The second-order valence-corrected chi connectivity index (χ2v) is 3.81. The maximum absolute atomic E-state index is 11.8. The summed E-state index contributed by atoms with van der Waals surface area (Å²) in [5.74, 6) is -0.750. The van der Waals surface area contributed by atoms with Gasteiger partial charge in [-0.05, 0) is 18.2 Å². The Kier molecular flexibility index (Phi) is 3.65. The number of nitrogens with one attached hydrogen (secondary N) is 2. The van der Waals surface area contributed by atoms with Crippen molar-refractivity contribution >= 4 is 23.5 Å². The number of methoxy groups -OCH3 is 1. The number of fused-ring (bicyclic) bond motifs is 1. The molecule has 1 aromatic carbocycles. The Morgan fingerprint density at radius 1 is 1.47 bits per heavy atom. The minimum Gasteiger partial charge on any atom is -0.482 e. The van der Waals surface area contributed by atoms with Crippen LogP contribution in [0.1, 0.15) is 10.4 Å². The van der Waals surface area contributed by atoms with Gasteiger partial charge in [-0.1, -0.05) is 0 Å². The lowest BCUT2D eigenvalue weighted by Crippen LogP contribution is -2.30. The molecule has 1 heterocycles. The Morgan fingerprint density at radius 3 is 3.00 bits per heavy atom. The van der Waals surface area contributed by atoms with E-state index in [1.165, 1.54) is 13.2 Å². The van der Waals surface area contributed by atoms with E-state index in [0.29, 0.717) is 17.0 Å². The molecule has 0 unspecified atom stereocenters. The maximum Gasteiger partial charge on any atom is 0.325 e. The first kappa shape index (κ1) is 12.9. The number of ether oxygens (including phenoxy) is 2. The van der Waals surface area contributed by atoms with E-state index in [0.717, 1.165) is 0 Å². The number of amides is 2. The van der Waals surface area contributed by atoms with E-state index < -0.39 is 11.9 Å². The zero-order valence-corrected chi connectivity index (χ0v) is 10.2. The van der Waals surface area contributed by atoms with Gasteiger partial charge in [0.2, 0.25) is 0 Å². The molecule has 2 rings (SSSR count). The van der Waals surface area contributed by atoms with Crippen LogP contribution in [0.2, 0.25) is 0 Å². The van der Waals surface area contributed by atoms with Gasteiger partial charge in [-0.2, -0.15) is 0 Å². The van der Waals surface area contributed by atoms with Crippen LogP contribution in [0, 0.1) is 0 Å². The molecule has 0 saturated carbocycles. The highest BCUT2D eigenvalue weighted by Crippen LogP contribution is 2.28. The van der Waals surface area contributed by atoms with Crippen LogP contribution in [-0.4, -0.2) is 38.0 Å². The van der Waals surface area contributed by atoms with Gasteiger partial charge in [0.05, 0.1) is 12.8 Å². The lowest BCUT2D eigenvalue weighted by atomic mass is 10.1. The SMILES string of the molecule is COC(=O)CNC(=O)c1ccc2c(c1)NC(=O)CO2. The molecule has 0 spiro atoms. The first-order valence-electron chi connectivity index (χ1n) is 5.52. The van der Waals surface area contributed by atoms with Gasteiger partial charge in [0.1, 0.15) is 12.3 Å². The molecule has 1 aromatic rings. The van der Waals surface area contributed by atoms with Gasteiger partial charge in [0.25, 0.3) is 11.8 Å². The fourth-order valence-corrected chi connectivity index (χ4v) is 1.55. The van der Waals surface area contributed by atoms with Crippen LogP contribution in [0.25, 0.3) is 0 Å². The monoisotopic (exact) mass is 264 g/mol. The standard InChI is InChI=1S/C12H12N2O5/c1-18-11(16)5-13-12(17)7-2-3-9-8(4-7)14-10(15)6-19-9/h2-4H,5-6H2,1H3,(H,13,17)(H,14,15). The van der Waals surface area contributed by atoms with Gasteiger partial charge < -0.3 is 20.1 Å². The molecule has 0 fully saturated rings. The second kappa shape index (κ2) is 5.38. The lowest BCUT2D eigenvalue weighted by molar-refractivity contribution is -0.139. The molecule has 2 N–H and O–H groups in total. The van der Waals surface area contributed by atoms with Crippen LogP contribution >= 0.6 is 0 Å². The summed E-state index contributed by atoms with van der Waals surface area (Å²) in [6, 6.07) is 4.61. The topological polar surface area (TPSA) is 93.7 Å². The molecule has 1 aliphatic rings. The van der Waals surface area contributed by atoms with Gasteiger partial charge in [0, 0.05) is 5.56 Å². The molecule has 0 radical (unpaired) electrons. The highest BCUT2D eigenvalue weighted by atomic mass is 16.5. The fourth-order valence-electron chi connectivity index (χ4n) is 1.55. The van der Waals surface area contributed by atoms with Crippen molar-refractivity contribution in [2.45, 2.75) is 0 Å². The predicted octanol–water partition coefficient (Wildman–Crippen LogP) is -0.0797. The van der Waals surface area contributed by atoms with E-state index in [4.69, 9.17) is 4.74 Å². The molecular weight excluding hydrogens is 252 g/mol. The summed E-state index contributed by atoms with van der Waals surface area (Å²) in [6.07, 6.45) is 0. The van der Waals surface area contributed by atoms with E-state index >= 15 is 0 Å². The largest absolute Gasteiger partial charge is 0.482 e. The van der Waals surface area contributed by atoms with Crippen molar-refractivity contribution in [1.82, 2.24) is 5.32 Å². The van der Waals surface area contributed by atoms with Crippen LogP contribution in [-0.2, 0) is 14.3 Å². The number of benzene rings is 1. The van der Waals surface area contributed by atoms with Crippen LogP contribution in [0.5, 0.6) is 5.75 Å². The molecule has 0 aromatic heterocycles. The maximum atomic E-state index is 11.8. The third-order valence-corrected chi connectivity index (χ3v) is 2.50. The highest BCUT2D eigenvalue weighted by Gasteiger charge is 2.18. The summed E-state index contributed by atoms with van der Waals surface area (Å²) in [7, 11) is 1.24. The predicted molar refractivity (Wildman–Crippen MR) is 64.9 cm³/mol. The van der Waals surface area contributed by atoms with Gasteiger partial charge in [-0.25, -0.2) is 0 Å². The summed E-state index contributed by atoms with van der Waals surface area (Å²) in [5, 5.41) is 5.00. The molecule has 19 heavy (non-hydrogen) atoms. The average molecular weight is 264 g/mol. The molecule has 7 heteroatoms. The summed E-state index contributed by atoms with van der Waals surface area (Å²) in [4.78, 5) is 33.8. The van der Waals surface area contributed by atoms with E-state index in [1.54, 1.807) is 12.1 Å². The zero-order chi connectivity index (χ0) is 13.8. The first-order valence-corrected chi connectivity index (χ1v) is 5.52. The Bertz CT molecular complexity index is 541. The summed E-state index contributed by atoms with van der Waals surface area (Å²) in [5.41, 5.74) is 0.746. The minimum absolute atomic E-state index is 0.0408. The molecular formula is C12H12N2O5. The first-order chi connectivity index (χ1) is 9.10. The van der Waals surface area contributed by atoms with Crippen LogP contribution in [0.3, 0.4) is 0 Å². The van der Waals surface area contributed by atoms with Gasteiger partial charge in [-0.3, -0.25) is 14.4 Å². The van der Waals surface area contributed by atoms with Crippen LogP contribution < -0.4 is 15.4 Å². The highest BCUT2D eigenvalue weighted by molar-refractivity contribution is 6.00. The average Bonchev–Trinajstić information content (AvgIpc) is 2.43. The van der Waals surface area contributed by atoms with Crippen molar-refractivity contribution in [2.24, 2.45) is 0 Å². The van der Waals surface area contributed by atoms with E-state index in [1.807, 2.05) is 0 Å². The third kappa shape index (κ3) is 3.01. The van der Waals surface area contributed by atoms with Gasteiger partial charge in [-0.15, -0.1) is 0 Å².